The molecule has 1 unspecified atom stereocenters. The molecule has 126 valence electrons. The number of hydrogen-bond acceptors (Lipinski definition) is 3. The molecule has 0 saturated heterocycles. The van der Waals surface area contributed by atoms with Crippen LogP contribution >= 0.6 is 11.3 Å². The van der Waals surface area contributed by atoms with E-state index >= 15 is 0 Å². The van der Waals surface area contributed by atoms with Gasteiger partial charge in [-0.25, -0.2) is 0 Å². The number of carbonyl (C=O) groups is 1. The van der Waals surface area contributed by atoms with Crippen LogP contribution in [0.5, 0.6) is 0 Å². The van der Waals surface area contributed by atoms with Crippen molar-refractivity contribution in [2.24, 2.45) is 0 Å². The zero-order chi connectivity index (χ0) is 17.1. The lowest BCUT2D eigenvalue weighted by Gasteiger charge is -2.34. The van der Waals surface area contributed by atoms with E-state index in [0.29, 0.717) is 0 Å². The molecule has 1 aliphatic heterocycles. The second-order valence-electron chi connectivity index (χ2n) is 6.32. The van der Waals surface area contributed by atoms with E-state index in [1.54, 1.807) is 6.08 Å². The van der Waals surface area contributed by atoms with Crippen LogP contribution in [-0.4, -0.2) is 31.4 Å². The largest absolute Gasteiger partial charge is 0.378 e. The topological polar surface area (TPSA) is 23.6 Å². The van der Waals surface area contributed by atoms with E-state index in [0.717, 1.165) is 30.6 Å². The predicted octanol–water partition coefficient (Wildman–Crippen LogP) is 4.36. The Morgan fingerprint density at radius 2 is 2.04 bits per heavy atom. The molecule has 0 aliphatic carbocycles. The Morgan fingerprint density at radius 3 is 2.71 bits per heavy atom. The molecule has 1 aliphatic rings. The van der Waals surface area contributed by atoms with Crippen molar-refractivity contribution in [2.45, 2.75) is 25.8 Å². The molecular formula is C20H24N2OS. The number of hydrogen-bond donors (Lipinski definition) is 0. The van der Waals surface area contributed by atoms with Gasteiger partial charge in [0.2, 0.25) is 5.91 Å². The molecule has 2 aromatic rings. The molecule has 3 nitrogen and oxygen atoms in total. The monoisotopic (exact) mass is 340 g/mol. The number of nitrogens with zero attached hydrogens (tertiary/aromatic N) is 2. The summed E-state index contributed by atoms with van der Waals surface area (Å²) >= 11 is 1.81. The number of rotatable bonds is 4. The Hall–Kier alpha value is -2.07. The molecule has 0 radical (unpaired) electrons. The minimum atomic E-state index is 0.107. The van der Waals surface area contributed by atoms with Crippen LogP contribution in [0.4, 0.5) is 5.69 Å². The lowest BCUT2D eigenvalue weighted by Crippen LogP contribution is -2.38. The number of fused-ring (bicyclic) bond motifs is 1. The number of carbonyl (C=O) groups excluding carboxylic acids is 1. The summed E-state index contributed by atoms with van der Waals surface area (Å²) in [4.78, 5) is 18.2. The Bertz CT molecular complexity index is 730. The highest BCUT2D eigenvalue weighted by Gasteiger charge is 2.29. The van der Waals surface area contributed by atoms with Gasteiger partial charge in [0.25, 0.3) is 0 Å². The van der Waals surface area contributed by atoms with Crippen molar-refractivity contribution < 1.29 is 4.79 Å². The highest BCUT2D eigenvalue weighted by molar-refractivity contribution is 7.10. The van der Waals surface area contributed by atoms with E-state index in [1.165, 1.54) is 10.4 Å². The van der Waals surface area contributed by atoms with E-state index in [9.17, 15) is 4.79 Å². The van der Waals surface area contributed by atoms with Gasteiger partial charge in [-0.2, -0.15) is 0 Å². The maximum atomic E-state index is 12.7. The number of benzene rings is 1. The average molecular weight is 340 g/mol. The standard InChI is InChI=1S/C20H24N2OS/c1-4-18-17-12-14-24-19(17)11-13-22(18)20(23)10-7-15-5-8-16(9-6-15)21(2)3/h5-10,12,14,18H,4,11,13H2,1-3H3. The van der Waals surface area contributed by atoms with Crippen molar-refractivity contribution in [1.29, 1.82) is 0 Å². The highest BCUT2D eigenvalue weighted by atomic mass is 32.1. The van der Waals surface area contributed by atoms with Crippen LogP contribution in [0.1, 0.15) is 35.4 Å². The van der Waals surface area contributed by atoms with Crippen molar-refractivity contribution in [3.8, 4) is 0 Å². The first-order valence-electron chi connectivity index (χ1n) is 8.42. The summed E-state index contributed by atoms with van der Waals surface area (Å²) in [7, 11) is 4.04. The van der Waals surface area contributed by atoms with Gasteiger partial charge in [0, 0.05) is 37.3 Å². The molecule has 1 atom stereocenters. The van der Waals surface area contributed by atoms with E-state index in [-0.39, 0.29) is 11.9 Å². The van der Waals surface area contributed by atoms with Crippen LogP contribution < -0.4 is 4.90 Å². The summed E-state index contributed by atoms with van der Waals surface area (Å²) in [5, 5.41) is 2.14. The molecule has 24 heavy (non-hydrogen) atoms. The minimum Gasteiger partial charge on any atom is -0.378 e. The average Bonchev–Trinajstić information content (AvgIpc) is 3.07. The molecule has 4 heteroatoms. The molecule has 1 aromatic carbocycles. The summed E-state index contributed by atoms with van der Waals surface area (Å²) < 4.78 is 0. The molecule has 0 spiro atoms. The van der Waals surface area contributed by atoms with Gasteiger partial charge >= 0.3 is 0 Å². The van der Waals surface area contributed by atoms with Crippen LogP contribution in [0.15, 0.2) is 41.8 Å². The van der Waals surface area contributed by atoms with Gasteiger partial charge in [-0.1, -0.05) is 19.1 Å². The fraction of sp³-hybridized carbons (Fsp3) is 0.350. The Morgan fingerprint density at radius 1 is 1.29 bits per heavy atom. The van der Waals surface area contributed by atoms with E-state index < -0.39 is 0 Å². The van der Waals surface area contributed by atoms with Crippen molar-refractivity contribution in [1.82, 2.24) is 4.90 Å². The van der Waals surface area contributed by atoms with Crippen molar-refractivity contribution in [3.63, 3.8) is 0 Å². The summed E-state index contributed by atoms with van der Waals surface area (Å²) in [6.07, 6.45) is 5.56. The van der Waals surface area contributed by atoms with Gasteiger partial charge < -0.3 is 9.80 Å². The second-order valence-corrected chi connectivity index (χ2v) is 7.32. The van der Waals surface area contributed by atoms with Crippen LogP contribution in [-0.2, 0) is 11.2 Å². The quantitative estimate of drug-likeness (QED) is 0.772. The number of anilines is 1. The third-order valence-electron chi connectivity index (χ3n) is 4.59. The molecule has 0 fully saturated rings. The fourth-order valence-corrected chi connectivity index (χ4v) is 4.18. The normalized spacial score (nSPS) is 17.1. The summed E-state index contributed by atoms with van der Waals surface area (Å²) in [5.41, 5.74) is 3.55. The van der Waals surface area contributed by atoms with Crippen LogP contribution in [0, 0.1) is 0 Å². The number of amides is 1. The maximum Gasteiger partial charge on any atom is 0.247 e. The fourth-order valence-electron chi connectivity index (χ4n) is 3.25. The zero-order valence-electron chi connectivity index (χ0n) is 14.5. The summed E-state index contributed by atoms with van der Waals surface area (Å²) in [5.74, 6) is 0.107. The highest BCUT2D eigenvalue weighted by Crippen LogP contribution is 2.35. The second kappa shape index (κ2) is 7.22. The van der Waals surface area contributed by atoms with Crippen LogP contribution in [0.2, 0.25) is 0 Å². The lowest BCUT2D eigenvalue weighted by atomic mass is 9.97. The van der Waals surface area contributed by atoms with Crippen molar-refractivity contribution in [2.75, 3.05) is 25.5 Å². The van der Waals surface area contributed by atoms with Gasteiger partial charge in [0.1, 0.15) is 0 Å². The summed E-state index contributed by atoms with van der Waals surface area (Å²) in [6, 6.07) is 10.6. The lowest BCUT2D eigenvalue weighted by molar-refractivity contribution is -0.128. The van der Waals surface area contributed by atoms with Gasteiger partial charge in [-0.05, 0) is 53.6 Å². The van der Waals surface area contributed by atoms with Crippen molar-refractivity contribution >= 4 is 29.0 Å². The van der Waals surface area contributed by atoms with E-state index in [4.69, 9.17) is 0 Å². The maximum absolute atomic E-state index is 12.7. The van der Waals surface area contributed by atoms with Gasteiger partial charge in [-0.3, -0.25) is 4.79 Å². The number of thiophene rings is 1. The third kappa shape index (κ3) is 3.39. The third-order valence-corrected chi connectivity index (χ3v) is 5.59. The van der Waals surface area contributed by atoms with Crippen molar-refractivity contribution in [3.05, 3.63) is 57.8 Å². The van der Waals surface area contributed by atoms with E-state index in [2.05, 4.69) is 35.4 Å². The molecule has 0 N–H and O–H groups in total. The molecule has 0 bridgehead atoms. The predicted molar refractivity (Wildman–Crippen MR) is 103 cm³/mol. The van der Waals surface area contributed by atoms with Crippen LogP contribution in [0.3, 0.4) is 0 Å². The van der Waals surface area contributed by atoms with Gasteiger partial charge in [0.15, 0.2) is 0 Å². The summed E-state index contributed by atoms with van der Waals surface area (Å²) in [6.45, 7) is 2.97. The van der Waals surface area contributed by atoms with Gasteiger partial charge in [0.05, 0.1) is 6.04 Å². The Labute approximate surface area is 148 Å². The smallest absolute Gasteiger partial charge is 0.247 e. The minimum absolute atomic E-state index is 0.107. The molecule has 1 amide bonds. The molecular weight excluding hydrogens is 316 g/mol. The van der Waals surface area contributed by atoms with Crippen LogP contribution in [0.25, 0.3) is 6.08 Å². The zero-order valence-corrected chi connectivity index (χ0v) is 15.3. The SMILES string of the molecule is CCC1c2ccsc2CCN1C(=O)C=Cc1ccc(N(C)C)cc1. The van der Waals surface area contributed by atoms with E-state index in [1.807, 2.05) is 48.5 Å². The molecule has 2 heterocycles. The first-order valence-corrected chi connectivity index (χ1v) is 9.30. The molecule has 3 rings (SSSR count). The first-order chi connectivity index (χ1) is 11.6. The first kappa shape index (κ1) is 16.8. The Balaban J connectivity index is 1.72. The van der Waals surface area contributed by atoms with Gasteiger partial charge in [-0.15, -0.1) is 11.3 Å². The molecule has 1 aromatic heterocycles. The molecule has 0 saturated carbocycles. The Kier molecular flexibility index (Phi) is 5.05.